The highest BCUT2D eigenvalue weighted by Crippen LogP contribution is 2.49. The Labute approximate surface area is 227 Å². The molecule has 198 valence electrons. The molecule has 0 unspecified atom stereocenters. The second-order valence-electron chi connectivity index (χ2n) is 9.69. The Balaban J connectivity index is 1.42. The summed E-state index contributed by atoms with van der Waals surface area (Å²) in [5.74, 6) is -0.135. The number of amides is 2. The third-order valence-electron chi connectivity index (χ3n) is 7.19. The van der Waals surface area contributed by atoms with Gasteiger partial charge in [0.05, 0.1) is 30.6 Å². The summed E-state index contributed by atoms with van der Waals surface area (Å²) in [6.45, 7) is 5.00. The molecular weight excluding hydrogens is 492 g/mol. The zero-order valence-corrected chi connectivity index (χ0v) is 21.9. The Bertz CT molecular complexity index is 1520. The van der Waals surface area contributed by atoms with Gasteiger partial charge in [0, 0.05) is 0 Å². The van der Waals surface area contributed by atoms with E-state index in [1.165, 1.54) is 4.90 Å². The molecule has 2 fully saturated rings. The van der Waals surface area contributed by atoms with Crippen molar-refractivity contribution in [3.05, 3.63) is 96.6 Å². The molecule has 2 aliphatic rings. The molecule has 2 heterocycles. The molecule has 0 spiro atoms. The molecule has 0 N–H and O–H groups in total. The van der Waals surface area contributed by atoms with Gasteiger partial charge in [-0.25, -0.2) is 9.96 Å². The van der Waals surface area contributed by atoms with E-state index < -0.39 is 18.1 Å². The molecule has 0 bridgehead atoms. The molecule has 6 rings (SSSR count). The van der Waals surface area contributed by atoms with Crippen LogP contribution in [-0.2, 0) is 14.4 Å². The topological polar surface area (TPSA) is 68.3 Å². The van der Waals surface area contributed by atoms with E-state index in [1.807, 2.05) is 105 Å². The molecular formula is C32H30N2O5. The first-order chi connectivity index (χ1) is 19.1. The summed E-state index contributed by atoms with van der Waals surface area (Å²) in [5, 5.41) is 3.69. The second kappa shape index (κ2) is 10.4. The fourth-order valence-electron chi connectivity index (χ4n) is 5.43. The minimum Gasteiger partial charge on any atom is -0.490 e. The minimum absolute atomic E-state index is 0.284. The number of carbonyl (C=O) groups is 2. The van der Waals surface area contributed by atoms with Crippen LogP contribution in [0.1, 0.15) is 31.9 Å². The normalized spacial score (nSPS) is 20.5. The first-order valence-corrected chi connectivity index (χ1v) is 13.4. The van der Waals surface area contributed by atoms with E-state index in [-0.39, 0.29) is 11.8 Å². The van der Waals surface area contributed by atoms with E-state index in [2.05, 4.69) is 0 Å². The lowest BCUT2D eigenvalue weighted by Crippen LogP contribution is -2.37. The molecule has 3 atom stereocenters. The van der Waals surface area contributed by atoms with Crippen LogP contribution in [0.4, 0.5) is 11.4 Å². The number of imide groups is 1. The molecule has 0 aromatic heterocycles. The maximum absolute atomic E-state index is 14.1. The van der Waals surface area contributed by atoms with Crippen LogP contribution < -0.4 is 19.4 Å². The predicted octanol–water partition coefficient (Wildman–Crippen LogP) is 6.08. The molecule has 39 heavy (non-hydrogen) atoms. The number of nitrogens with zero attached hydrogens (tertiary/aromatic N) is 2. The number of carbonyl (C=O) groups excluding carboxylic acids is 2. The molecule has 2 amide bonds. The number of hydrogen-bond acceptors (Lipinski definition) is 6. The zero-order valence-electron chi connectivity index (χ0n) is 21.9. The highest BCUT2D eigenvalue weighted by Gasteiger charge is 2.60. The van der Waals surface area contributed by atoms with Crippen molar-refractivity contribution in [3.63, 3.8) is 0 Å². The van der Waals surface area contributed by atoms with Gasteiger partial charge in [0.25, 0.3) is 5.91 Å². The third kappa shape index (κ3) is 4.38. The Kier molecular flexibility index (Phi) is 6.67. The van der Waals surface area contributed by atoms with Gasteiger partial charge in [-0.2, -0.15) is 0 Å². The van der Waals surface area contributed by atoms with Gasteiger partial charge < -0.3 is 9.47 Å². The van der Waals surface area contributed by atoms with Gasteiger partial charge in [-0.3, -0.25) is 14.4 Å². The molecule has 2 aliphatic heterocycles. The van der Waals surface area contributed by atoms with Crippen molar-refractivity contribution in [3.8, 4) is 11.5 Å². The van der Waals surface area contributed by atoms with Crippen molar-refractivity contribution < 1.29 is 23.9 Å². The Morgan fingerprint density at radius 2 is 1.51 bits per heavy atom. The first kappa shape index (κ1) is 24.9. The molecule has 0 radical (unpaired) electrons. The van der Waals surface area contributed by atoms with Crippen LogP contribution in [0.3, 0.4) is 0 Å². The molecule has 4 aromatic carbocycles. The van der Waals surface area contributed by atoms with Gasteiger partial charge in [-0.1, -0.05) is 61.5 Å². The molecule has 4 aromatic rings. The van der Waals surface area contributed by atoms with Gasteiger partial charge in [0.15, 0.2) is 17.6 Å². The highest BCUT2D eigenvalue weighted by atomic mass is 16.7. The largest absolute Gasteiger partial charge is 0.490 e. The molecule has 0 saturated carbocycles. The van der Waals surface area contributed by atoms with Crippen molar-refractivity contribution in [2.45, 2.75) is 32.4 Å². The van der Waals surface area contributed by atoms with E-state index in [4.69, 9.17) is 14.3 Å². The van der Waals surface area contributed by atoms with Crippen LogP contribution in [0.2, 0.25) is 0 Å². The summed E-state index contributed by atoms with van der Waals surface area (Å²) in [7, 11) is 0. The minimum atomic E-state index is -0.944. The summed E-state index contributed by atoms with van der Waals surface area (Å²) in [5.41, 5.74) is 2.12. The van der Waals surface area contributed by atoms with Gasteiger partial charge in [-0.05, 0) is 66.1 Å². The summed E-state index contributed by atoms with van der Waals surface area (Å²) in [6.07, 6.45) is -0.0722. The Morgan fingerprint density at radius 3 is 2.28 bits per heavy atom. The summed E-state index contributed by atoms with van der Waals surface area (Å²) in [4.78, 5) is 35.4. The monoisotopic (exact) mass is 522 g/mol. The van der Waals surface area contributed by atoms with Crippen LogP contribution in [-0.4, -0.2) is 31.1 Å². The Hall–Kier alpha value is -4.36. The quantitative estimate of drug-likeness (QED) is 0.261. The number of rotatable bonds is 8. The maximum atomic E-state index is 14.1. The number of benzene rings is 4. The molecule has 7 nitrogen and oxygen atoms in total. The van der Waals surface area contributed by atoms with Crippen LogP contribution in [0, 0.1) is 5.92 Å². The third-order valence-corrected chi connectivity index (χ3v) is 7.19. The standard InChI is InChI=1S/C32H30N2O5/c1-3-18-38-26-17-15-23(20-27(26)37-4-2)29-28-30(39-34(29)24-12-6-5-7-13-24)32(36)33(31(28)35)25-16-14-21-10-8-9-11-22(21)19-25/h5-17,19-20,28-30H,3-4,18H2,1-2H3/t28-,29-,30-/m0/s1. The number of anilines is 2. The maximum Gasteiger partial charge on any atom is 0.266 e. The van der Waals surface area contributed by atoms with E-state index in [0.717, 1.165) is 28.4 Å². The van der Waals surface area contributed by atoms with E-state index >= 15 is 0 Å². The fourth-order valence-corrected chi connectivity index (χ4v) is 5.43. The van der Waals surface area contributed by atoms with E-state index in [0.29, 0.717) is 30.4 Å². The number of hydrogen-bond donors (Lipinski definition) is 0. The number of ether oxygens (including phenoxy) is 2. The summed E-state index contributed by atoms with van der Waals surface area (Å²) < 4.78 is 11.8. The van der Waals surface area contributed by atoms with Gasteiger partial charge in [0.1, 0.15) is 5.92 Å². The second-order valence-corrected chi connectivity index (χ2v) is 9.69. The number of hydroxylamine groups is 1. The van der Waals surface area contributed by atoms with E-state index in [1.54, 1.807) is 5.06 Å². The van der Waals surface area contributed by atoms with Crippen molar-refractivity contribution in [1.29, 1.82) is 0 Å². The SMILES string of the molecule is CCCOc1ccc([C@H]2[C@@H]3C(=O)N(c4ccc5ccccc5c4)C(=O)[C@H]3ON2c2ccccc2)cc1OCC. The lowest BCUT2D eigenvalue weighted by atomic mass is 9.90. The van der Waals surface area contributed by atoms with Gasteiger partial charge in [-0.15, -0.1) is 0 Å². The number of fused-ring (bicyclic) bond motifs is 2. The average Bonchev–Trinajstić information content (AvgIpc) is 3.48. The van der Waals surface area contributed by atoms with Crippen molar-refractivity contribution in [2.75, 3.05) is 23.2 Å². The van der Waals surface area contributed by atoms with Crippen molar-refractivity contribution in [2.24, 2.45) is 5.92 Å². The smallest absolute Gasteiger partial charge is 0.266 e. The lowest BCUT2D eigenvalue weighted by Gasteiger charge is -2.29. The zero-order chi connectivity index (χ0) is 26.9. The molecule has 2 saturated heterocycles. The molecule has 0 aliphatic carbocycles. The Morgan fingerprint density at radius 1 is 0.744 bits per heavy atom. The van der Waals surface area contributed by atoms with Gasteiger partial charge >= 0.3 is 0 Å². The first-order valence-electron chi connectivity index (χ1n) is 13.4. The summed E-state index contributed by atoms with van der Waals surface area (Å²) in [6, 6.07) is 28.2. The fraction of sp³-hybridized carbons (Fsp3) is 0.250. The summed E-state index contributed by atoms with van der Waals surface area (Å²) >= 11 is 0. The highest BCUT2D eigenvalue weighted by molar-refractivity contribution is 6.24. The van der Waals surface area contributed by atoms with Crippen LogP contribution >= 0.6 is 0 Å². The van der Waals surface area contributed by atoms with Crippen LogP contribution in [0.25, 0.3) is 10.8 Å². The van der Waals surface area contributed by atoms with Crippen LogP contribution in [0.15, 0.2) is 91.0 Å². The van der Waals surface area contributed by atoms with Crippen molar-refractivity contribution in [1.82, 2.24) is 0 Å². The predicted molar refractivity (Wildman–Crippen MR) is 150 cm³/mol. The lowest BCUT2D eigenvalue weighted by molar-refractivity contribution is -0.126. The number of para-hydroxylation sites is 1. The van der Waals surface area contributed by atoms with Crippen LogP contribution in [0.5, 0.6) is 11.5 Å². The molecule has 7 heteroatoms. The van der Waals surface area contributed by atoms with Gasteiger partial charge in [0.2, 0.25) is 5.91 Å². The van der Waals surface area contributed by atoms with E-state index in [9.17, 15) is 9.59 Å². The van der Waals surface area contributed by atoms with Crippen molar-refractivity contribution >= 4 is 34.0 Å². The average molecular weight is 523 g/mol.